The Hall–Kier alpha value is -2.26. The molecule has 3 aromatic heterocycles. The number of carbonyl (C=O) groups is 1. The van der Waals surface area contributed by atoms with E-state index in [9.17, 15) is 9.59 Å². The lowest BCUT2D eigenvalue weighted by molar-refractivity contribution is -0.146. The molecule has 1 aliphatic heterocycles. The van der Waals surface area contributed by atoms with Crippen molar-refractivity contribution in [3.63, 3.8) is 0 Å². The second kappa shape index (κ2) is 6.66. The lowest BCUT2D eigenvalue weighted by Gasteiger charge is -2.32. The van der Waals surface area contributed by atoms with Crippen LogP contribution in [0.25, 0.3) is 16.0 Å². The molecule has 4 heterocycles. The summed E-state index contributed by atoms with van der Waals surface area (Å²) in [6.07, 6.45) is 5.53. The normalized spacial score (nSPS) is 25.4. The Kier molecular flexibility index (Phi) is 4.24. The topological polar surface area (TPSA) is 81.7 Å². The van der Waals surface area contributed by atoms with Crippen LogP contribution in [-0.2, 0) is 23.1 Å². The van der Waals surface area contributed by atoms with Crippen molar-refractivity contribution in [1.82, 2.24) is 24.1 Å². The third-order valence-corrected chi connectivity index (χ3v) is 7.31. The number of carbonyl (C=O) groups excluding carboxylic acids is 1. The molecule has 0 spiro atoms. The smallest absolute Gasteiger partial charge is 0.323 e. The van der Waals surface area contributed by atoms with Crippen LogP contribution in [0.5, 0.6) is 0 Å². The fourth-order valence-corrected chi connectivity index (χ4v) is 5.92. The molecule has 1 aliphatic carbocycles. The number of nitrogens with zero attached hydrogens (tertiary/aromatic N) is 5. The van der Waals surface area contributed by atoms with E-state index in [4.69, 9.17) is 4.74 Å². The SMILES string of the molecule is COC(=O)C1CC2CCCCC2N1Cc1nnc2n(C)c(=O)c3sccc3n12. The number of fused-ring (bicyclic) bond motifs is 4. The average Bonchev–Trinajstić information content (AvgIpc) is 3.43. The molecular formula is C19H23N5O3S. The summed E-state index contributed by atoms with van der Waals surface area (Å²) < 4.78 is 9.29. The monoisotopic (exact) mass is 401 g/mol. The molecule has 9 heteroatoms. The van der Waals surface area contributed by atoms with Crippen LogP contribution >= 0.6 is 11.3 Å². The molecule has 0 radical (unpaired) electrons. The van der Waals surface area contributed by atoms with Crippen LogP contribution < -0.4 is 5.56 Å². The lowest BCUT2D eigenvalue weighted by Crippen LogP contribution is -2.42. The van der Waals surface area contributed by atoms with E-state index in [1.807, 2.05) is 15.8 Å². The summed E-state index contributed by atoms with van der Waals surface area (Å²) in [5.74, 6) is 1.65. The van der Waals surface area contributed by atoms with Gasteiger partial charge < -0.3 is 4.74 Å². The number of hydrogen-bond acceptors (Lipinski definition) is 7. The number of rotatable bonds is 3. The van der Waals surface area contributed by atoms with Crippen molar-refractivity contribution >= 4 is 33.3 Å². The highest BCUT2D eigenvalue weighted by molar-refractivity contribution is 7.17. The molecule has 0 aromatic carbocycles. The first kappa shape index (κ1) is 17.8. The summed E-state index contributed by atoms with van der Waals surface area (Å²) >= 11 is 1.43. The summed E-state index contributed by atoms with van der Waals surface area (Å²) in [6.45, 7) is 0.519. The van der Waals surface area contributed by atoms with Crippen molar-refractivity contribution in [2.45, 2.75) is 50.7 Å². The fourth-order valence-electron chi connectivity index (χ4n) is 5.07. The minimum Gasteiger partial charge on any atom is -0.468 e. The molecule has 3 aromatic rings. The molecule has 3 atom stereocenters. The molecular weight excluding hydrogens is 378 g/mol. The second-order valence-electron chi connectivity index (χ2n) is 7.81. The number of esters is 1. The summed E-state index contributed by atoms with van der Waals surface area (Å²) in [5.41, 5.74) is 0.773. The number of ether oxygens (including phenoxy) is 1. The first-order valence-corrected chi connectivity index (χ1v) is 10.6. The highest BCUT2D eigenvalue weighted by Crippen LogP contribution is 2.40. The highest BCUT2D eigenvalue weighted by atomic mass is 32.1. The Bertz CT molecular complexity index is 1120. The molecule has 2 fully saturated rings. The molecule has 1 saturated heterocycles. The van der Waals surface area contributed by atoms with Crippen LogP contribution in [-0.4, -0.2) is 49.2 Å². The number of methoxy groups -OCH3 is 1. The van der Waals surface area contributed by atoms with Crippen molar-refractivity contribution < 1.29 is 9.53 Å². The number of aromatic nitrogens is 4. The van der Waals surface area contributed by atoms with E-state index >= 15 is 0 Å². The third-order valence-electron chi connectivity index (χ3n) is 6.42. The second-order valence-corrected chi connectivity index (χ2v) is 8.73. The van der Waals surface area contributed by atoms with Gasteiger partial charge in [0.25, 0.3) is 5.56 Å². The van der Waals surface area contributed by atoms with Gasteiger partial charge in [0.1, 0.15) is 10.7 Å². The highest BCUT2D eigenvalue weighted by Gasteiger charge is 2.46. The third kappa shape index (κ3) is 2.52. The average molecular weight is 401 g/mol. The fraction of sp³-hybridized carbons (Fsp3) is 0.579. The predicted octanol–water partition coefficient (Wildman–Crippen LogP) is 1.95. The number of hydrogen-bond donors (Lipinski definition) is 0. The first-order chi connectivity index (χ1) is 13.6. The van der Waals surface area contributed by atoms with Crippen molar-refractivity contribution in [3.8, 4) is 0 Å². The molecule has 8 nitrogen and oxygen atoms in total. The zero-order chi connectivity index (χ0) is 19.4. The molecule has 0 bridgehead atoms. The quantitative estimate of drug-likeness (QED) is 0.624. The van der Waals surface area contributed by atoms with Crippen LogP contribution in [0.15, 0.2) is 16.2 Å². The maximum atomic E-state index is 12.5. The van der Waals surface area contributed by atoms with E-state index in [2.05, 4.69) is 15.1 Å². The molecule has 1 saturated carbocycles. The van der Waals surface area contributed by atoms with Crippen LogP contribution in [0.3, 0.4) is 0 Å². The molecule has 5 rings (SSSR count). The van der Waals surface area contributed by atoms with Crippen LogP contribution in [0.2, 0.25) is 0 Å². The van der Waals surface area contributed by atoms with Gasteiger partial charge in [-0.05, 0) is 36.6 Å². The van der Waals surface area contributed by atoms with E-state index in [0.29, 0.717) is 29.0 Å². The van der Waals surface area contributed by atoms with E-state index in [1.165, 1.54) is 37.7 Å². The van der Waals surface area contributed by atoms with E-state index in [1.54, 1.807) is 11.6 Å². The Morgan fingerprint density at radius 2 is 2.14 bits per heavy atom. The van der Waals surface area contributed by atoms with Gasteiger partial charge in [0.05, 0.1) is 19.2 Å². The first-order valence-electron chi connectivity index (χ1n) is 9.74. The van der Waals surface area contributed by atoms with Gasteiger partial charge in [-0.15, -0.1) is 21.5 Å². The van der Waals surface area contributed by atoms with E-state index in [-0.39, 0.29) is 17.6 Å². The van der Waals surface area contributed by atoms with Gasteiger partial charge in [-0.1, -0.05) is 12.8 Å². The molecule has 3 unspecified atom stereocenters. The van der Waals surface area contributed by atoms with Crippen molar-refractivity contribution in [2.75, 3.05) is 7.11 Å². The molecule has 2 aliphatic rings. The van der Waals surface area contributed by atoms with Crippen molar-refractivity contribution in [1.29, 1.82) is 0 Å². The van der Waals surface area contributed by atoms with Gasteiger partial charge in [0, 0.05) is 13.1 Å². The zero-order valence-corrected chi connectivity index (χ0v) is 16.8. The van der Waals surface area contributed by atoms with Gasteiger partial charge in [0.2, 0.25) is 5.78 Å². The molecule has 148 valence electrons. The van der Waals surface area contributed by atoms with Crippen molar-refractivity contribution in [3.05, 3.63) is 27.6 Å². The lowest BCUT2D eigenvalue weighted by atomic mass is 9.85. The zero-order valence-electron chi connectivity index (χ0n) is 16.0. The van der Waals surface area contributed by atoms with Crippen LogP contribution in [0.1, 0.15) is 37.9 Å². The van der Waals surface area contributed by atoms with Gasteiger partial charge in [-0.2, -0.15) is 0 Å². The minimum atomic E-state index is -0.240. The van der Waals surface area contributed by atoms with Crippen LogP contribution in [0, 0.1) is 5.92 Å². The maximum Gasteiger partial charge on any atom is 0.323 e. The van der Waals surface area contributed by atoms with Gasteiger partial charge in [-0.25, -0.2) is 0 Å². The molecule has 0 N–H and O–H groups in total. The minimum absolute atomic E-state index is 0.0580. The molecule has 28 heavy (non-hydrogen) atoms. The Morgan fingerprint density at radius 3 is 2.96 bits per heavy atom. The standard InChI is InChI=1S/C19H23N5O3S/c1-22-17(25)16-13(7-8-28-16)24-15(20-21-19(22)24)10-23-12-6-4-3-5-11(12)9-14(23)18(26)27-2/h7-8,11-12,14H,3-6,9-10H2,1-2H3. The van der Waals surface area contributed by atoms with Gasteiger partial charge >= 0.3 is 5.97 Å². The summed E-state index contributed by atoms with van der Waals surface area (Å²) in [4.78, 5) is 27.3. The summed E-state index contributed by atoms with van der Waals surface area (Å²) in [6, 6.07) is 2.07. The van der Waals surface area contributed by atoms with Gasteiger partial charge in [-0.3, -0.25) is 23.5 Å². The Morgan fingerprint density at radius 1 is 1.32 bits per heavy atom. The number of likely N-dealkylation sites (tertiary alicyclic amines) is 1. The Balaban J connectivity index is 1.60. The summed E-state index contributed by atoms with van der Waals surface area (Å²) in [7, 11) is 3.18. The summed E-state index contributed by atoms with van der Waals surface area (Å²) in [5, 5.41) is 10.6. The predicted molar refractivity (Wildman–Crippen MR) is 105 cm³/mol. The van der Waals surface area contributed by atoms with E-state index < -0.39 is 0 Å². The van der Waals surface area contributed by atoms with E-state index in [0.717, 1.165) is 24.2 Å². The maximum absolute atomic E-state index is 12.5. The molecule has 0 amide bonds. The van der Waals surface area contributed by atoms with Crippen molar-refractivity contribution in [2.24, 2.45) is 13.0 Å². The number of aryl methyl sites for hydroxylation is 1. The number of thiophene rings is 1. The van der Waals surface area contributed by atoms with Crippen LogP contribution in [0.4, 0.5) is 0 Å². The van der Waals surface area contributed by atoms with Gasteiger partial charge in [0.15, 0.2) is 5.82 Å². The largest absolute Gasteiger partial charge is 0.468 e. The Labute approximate surface area is 165 Å².